The van der Waals surface area contributed by atoms with Gasteiger partial charge in [0.1, 0.15) is 0 Å². The lowest BCUT2D eigenvalue weighted by molar-refractivity contribution is 0.0963. The van der Waals surface area contributed by atoms with Gasteiger partial charge in [0.25, 0.3) is 0 Å². The van der Waals surface area contributed by atoms with Crippen LogP contribution in [0, 0.1) is 0 Å². The number of rotatable bonds is 6. The minimum atomic E-state index is -0.195. The largest absolute Gasteiger partial charge is 0.450 e. The van der Waals surface area contributed by atoms with E-state index in [0.29, 0.717) is 12.6 Å². The van der Waals surface area contributed by atoms with Crippen molar-refractivity contribution in [3.8, 4) is 0 Å². The van der Waals surface area contributed by atoms with Gasteiger partial charge < -0.3 is 20.3 Å². The number of amides is 1. The molecule has 122 valence electrons. The summed E-state index contributed by atoms with van der Waals surface area (Å²) in [4.78, 5) is 18.0. The third-order valence-corrected chi connectivity index (χ3v) is 3.49. The summed E-state index contributed by atoms with van der Waals surface area (Å²) < 4.78 is 5.03. The van der Waals surface area contributed by atoms with Crippen LogP contribution >= 0.6 is 0 Å². The third kappa shape index (κ3) is 6.69. The number of carbonyl (C=O) groups is 1. The van der Waals surface area contributed by atoms with Crippen molar-refractivity contribution in [3.63, 3.8) is 0 Å². The topological polar surface area (TPSA) is 66.0 Å². The zero-order valence-electron chi connectivity index (χ0n) is 13.7. The van der Waals surface area contributed by atoms with E-state index in [0.717, 1.165) is 57.8 Å². The van der Waals surface area contributed by atoms with E-state index in [1.807, 2.05) is 6.92 Å². The predicted octanol–water partition coefficient (Wildman–Crippen LogP) is 1.96. The molecule has 21 heavy (non-hydrogen) atoms. The summed E-state index contributed by atoms with van der Waals surface area (Å²) in [6.07, 6.45) is 3.92. The number of piperidine rings is 1. The van der Waals surface area contributed by atoms with Gasteiger partial charge in [-0.05, 0) is 33.1 Å². The molecule has 1 heterocycles. The van der Waals surface area contributed by atoms with Gasteiger partial charge in [0.15, 0.2) is 5.96 Å². The molecule has 2 N–H and O–H groups in total. The van der Waals surface area contributed by atoms with E-state index < -0.39 is 0 Å². The molecule has 6 heteroatoms. The van der Waals surface area contributed by atoms with Gasteiger partial charge in [0, 0.05) is 32.2 Å². The first-order valence-electron chi connectivity index (χ1n) is 8.17. The maximum absolute atomic E-state index is 11.7. The molecule has 0 saturated carbocycles. The first-order valence-corrected chi connectivity index (χ1v) is 8.17. The van der Waals surface area contributed by atoms with Crippen LogP contribution in [0.1, 0.15) is 46.5 Å². The summed E-state index contributed by atoms with van der Waals surface area (Å²) in [6.45, 7) is 9.71. The fraction of sp³-hybridized carbons (Fsp3) is 0.867. The fourth-order valence-electron chi connectivity index (χ4n) is 2.28. The van der Waals surface area contributed by atoms with Crippen molar-refractivity contribution in [2.24, 2.45) is 4.99 Å². The molecule has 0 aromatic carbocycles. The Morgan fingerprint density at radius 1 is 1.29 bits per heavy atom. The van der Waals surface area contributed by atoms with Crippen molar-refractivity contribution >= 4 is 12.1 Å². The number of guanidine groups is 1. The van der Waals surface area contributed by atoms with Crippen LogP contribution in [-0.4, -0.2) is 55.8 Å². The molecule has 1 aliphatic rings. The van der Waals surface area contributed by atoms with E-state index in [4.69, 9.17) is 4.74 Å². The Labute approximate surface area is 128 Å². The Morgan fingerprint density at radius 3 is 2.57 bits per heavy atom. The van der Waals surface area contributed by atoms with Crippen LogP contribution in [0.2, 0.25) is 0 Å². The van der Waals surface area contributed by atoms with Gasteiger partial charge >= 0.3 is 6.09 Å². The lowest BCUT2D eigenvalue weighted by Crippen LogP contribution is -2.49. The van der Waals surface area contributed by atoms with Crippen molar-refractivity contribution in [1.29, 1.82) is 0 Å². The van der Waals surface area contributed by atoms with Gasteiger partial charge in [-0.2, -0.15) is 0 Å². The maximum Gasteiger partial charge on any atom is 0.409 e. The molecule has 0 spiro atoms. The first-order chi connectivity index (χ1) is 10.2. The Morgan fingerprint density at radius 2 is 2.00 bits per heavy atom. The zero-order chi connectivity index (χ0) is 15.5. The number of carbonyl (C=O) groups excluding carboxylic acids is 1. The van der Waals surface area contributed by atoms with Gasteiger partial charge in [-0.1, -0.05) is 13.3 Å². The van der Waals surface area contributed by atoms with Gasteiger partial charge in [0.05, 0.1) is 6.61 Å². The SMILES string of the molecule is CCCCN=C(NCC)NC1CCN(C(=O)OCC)CC1. The second-order valence-corrected chi connectivity index (χ2v) is 5.22. The molecule has 1 amide bonds. The number of aliphatic imine (C=N–C) groups is 1. The molecule has 1 saturated heterocycles. The quantitative estimate of drug-likeness (QED) is 0.447. The molecule has 0 unspecified atom stereocenters. The summed E-state index contributed by atoms with van der Waals surface area (Å²) in [5, 5.41) is 6.74. The van der Waals surface area contributed by atoms with Crippen molar-refractivity contribution in [1.82, 2.24) is 15.5 Å². The van der Waals surface area contributed by atoms with Gasteiger partial charge in [0.2, 0.25) is 0 Å². The predicted molar refractivity (Wildman–Crippen MR) is 85.6 cm³/mol. The third-order valence-electron chi connectivity index (χ3n) is 3.49. The number of unbranched alkanes of at least 4 members (excludes halogenated alkanes) is 1. The van der Waals surface area contributed by atoms with Gasteiger partial charge in [-0.3, -0.25) is 4.99 Å². The lowest BCUT2D eigenvalue weighted by atomic mass is 10.1. The number of hydrogen-bond acceptors (Lipinski definition) is 3. The van der Waals surface area contributed by atoms with Gasteiger partial charge in [-0.25, -0.2) is 4.79 Å². The number of hydrogen-bond donors (Lipinski definition) is 2. The van der Waals surface area contributed by atoms with Crippen LogP contribution in [0.15, 0.2) is 4.99 Å². The maximum atomic E-state index is 11.7. The molecule has 0 aromatic rings. The minimum absolute atomic E-state index is 0.195. The van der Waals surface area contributed by atoms with Crippen LogP contribution in [0.4, 0.5) is 4.79 Å². The highest BCUT2D eigenvalue weighted by Crippen LogP contribution is 2.11. The second kappa shape index (κ2) is 10.3. The summed E-state index contributed by atoms with van der Waals surface area (Å²) in [5.74, 6) is 0.889. The molecular weight excluding hydrogens is 268 g/mol. The van der Waals surface area contributed by atoms with Crippen molar-refractivity contribution in [2.75, 3.05) is 32.8 Å². The Kier molecular flexibility index (Phi) is 8.62. The van der Waals surface area contributed by atoms with E-state index in [2.05, 4.69) is 29.5 Å². The number of nitrogens with zero attached hydrogens (tertiary/aromatic N) is 2. The highest BCUT2D eigenvalue weighted by molar-refractivity contribution is 5.80. The second-order valence-electron chi connectivity index (χ2n) is 5.22. The minimum Gasteiger partial charge on any atom is -0.450 e. The van der Waals surface area contributed by atoms with E-state index in [1.54, 1.807) is 4.90 Å². The molecule has 0 aliphatic carbocycles. The lowest BCUT2D eigenvalue weighted by Gasteiger charge is -2.32. The van der Waals surface area contributed by atoms with E-state index in [1.165, 1.54) is 0 Å². The highest BCUT2D eigenvalue weighted by Gasteiger charge is 2.23. The molecule has 6 nitrogen and oxygen atoms in total. The number of likely N-dealkylation sites (tertiary alicyclic amines) is 1. The van der Waals surface area contributed by atoms with Crippen LogP contribution in [0.3, 0.4) is 0 Å². The number of ether oxygens (including phenoxy) is 1. The smallest absolute Gasteiger partial charge is 0.409 e. The standard InChI is InChI=1S/C15H30N4O2/c1-4-7-10-17-14(16-5-2)18-13-8-11-19(12-9-13)15(20)21-6-3/h13H,4-12H2,1-3H3,(H2,16,17,18). The Hall–Kier alpha value is -1.46. The summed E-state index contributed by atoms with van der Waals surface area (Å²) in [7, 11) is 0. The molecule has 0 bridgehead atoms. The average molecular weight is 298 g/mol. The fourth-order valence-corrected chi connectivity index (χ4v) is 2.28. The van der Waals surface area contributed by atoms with E-state index in [9.17, 15) is 4.79 Å². The van der Waals surface area contributed by atoms with Crippen LogP contribution in [0.5, 0.6) is 0 Å². The summed E-state index contributed by atoms with van der Waals surface area (Å²) in [6, 6.07) is 0.370. The van der Waals surface area contributed by atoms with Crippen molar-refractivity contribution in [2.45, 2.75) is 52.5 Å². The normalized spacial score (nSPS) is 16.7. The average Bonchev–Trinajstić information content (AvgIpc) is 2.48. The monoisotopic (exact) mass is 298 g/mol. The van der Waals surface area contributed by atoms with Crippen LogP contribution < -0.4 is 10.6 Å². The Bertz CT molecular complexity index is 326. The van der Waals surface area contributed by atoms with E-state index >= 15 is 0 Å². The Balaban J connectivity index is 2.38. The molecular formula is C15H30N4O2. The van der Waals surface area contributed by atoms with Crippen molar-refractivity contribution < 1.29 is 9.53 Å². The summed E-state index contributed by atoms with van der Waals surface area (Å²) in [5.41, 5.74) is 0. The first kappa shape index (κ1) is 17.6. The molecule has 0 radical (unpaired) electrons. The molecule has 1 aliphatic heterocycles. The van der Waals surface area contributed by atoms with Crippen molar-refractivity contribution in [3.05, 3.63) is 0 Å². The molecule has 0 aromatic heterocycles. The molecule has 1 fully saturated rings. The van der Waals surface area contributed by atoms with Crippen LogP contribution in [0.25, 0.3) is 0 Å². The molecule has 0 atom stereocenters. The van der Waals surface area contributed by atoms with Crippen LogP contribution in [-0.2, 0) is 4.74 Å². The van der Waals surface area contributed by atoms with Gasteiger partial charge in [-0.15, -0.1) is 0 Å². The highest BCUT2D eigenvalue weighted by atomic mass is 16.6. The van der Waals surface area contributed by atoms with E-state index in [-0.39, 0.29) is 6.09 Å². The summed E-state index contributed by atoms with van der Waals surface area (Å²) >= 11 is 0. The zero-order valence-corrected chi connectivity index (χ0v) is 13.7. The molecule has 1 rings (SSSR count). The number of nitrogens with one attached hydrogen (secondary N) is 2.